The van der Waals surface area contributed by atoms with Crippen LogP contribution in [-0.4, -0.2) is 0 Å². The van der Waals surface area contributed by atoms with E-state index in [1.807, 2.05) is 12.1 Å². The molecule has 2 heteroatoms. The largest absolute Gasteiger partial charge is 0.459 e. The zero-order chi connectivity index (χ0) is 10.8. The Morgan fingerprint density at radius 2 is 2.20 bits per heavy atom. The molecule has 2 rings (SSSR count). The quantitative estimate of drug-likeness (QED) is 0.828. The van der Waals surface area contributed by atoms with Gasteiger partial charge in [0, 0.05) is 5.39 Å². The summed E-state index contributed by atoms with van der Waals surface area (Å²) in [7, 11) is 0. The average molecular weight is 203 g/mol. The predicted molar refractivity (Wildman–Crippen MR) is 62.8 cm³/mol. The van der Waals surface area contributed by atoms with E-state index in [-0.39, 0.29) is 6.04 Å². The molecule has 0 saturated heterocycles. The lowest BCUT2D eigenvalue weighted by atomic mass is 10.1. The van der Waals surface area contributed by atoms with Crippen LogP contribution in [0.3, 0.4) is 0 Å². The van der Waals surface area contributed by atoms with Crippen LogP contribution in [0.2, 0.25) is 0 Å². The summed E-state index contributed by atoms with van der Waals surface area (Å²) >= 11 is 0. The normalized spacial score (nSPS) is 13.3. The fourth-order valence-corrected chi connectivity index (χ4v) is 1.86. The fraction of sp³-hybridized carbons (Fsp3) is 0.385. The van der Waals surface area contributed by atoms with Gasteiger partial charge in [0.1, 0.15) is 11.3 Å². The molecule has 2 N–H and O–H groups in total. The number of rotatable bonds is 3. The third kappa shape index (κ3) is 1.90. The van der Waals surface area contributed by atoms with Crippen LogP contribution < -0.4 is 5.73 Å². The molecular formula is C13H17NO. The maximum Gasteiger partial charge on any atom is 0.134 e. The second kappa shape index (κ2) is 4.07. The average Bonchev–Trinajstić information content (AvgIpc) is 2.63. The van der Waals surface area contributed by atoms with Crippen LogP contribution in [0.4, 0.5) is 0 Å². The number of benzene rings is 1. The maximum absolute atomic E-state index is 6.03. The van der Waals surface area contributed by atoms with Gasteiger partial charge in [0.25, 0.3) is 0 Å². The van der Waals surface area contributed by atoms with Crippen LogP contribution >= 0.6 is 0 Å². The van der Waals surface area contributed by atoms with Gasteiger partial charge in [-0.25, -0.2) is 0 Å². The minimum absolute atomic E-state index is 0.0294. The predicted octanol–water partition coefficient (Wildman–Crippen LogP) is 3.54. The number of aryl methyl sites for hydroxylation is 1. The first kappa shape index (κ1) is 10.2. The van der Waals surface area contributed by atoms with E-state index in [9.17, 15) is 0 Å². The lowest BCUT2D eigenvalue weighted by Crippen LogP contribution is -2.08. The summed E-state index contributed by atoms with van der Waals surface area (Å²) in [6.07, 6.45) is 2.05. The highest BCUT2D eigenvalue weighted by atomic mass is 16.3. The highest BCUT2D eigenvalue weighted by Crippen LogP contribution is 2.26. The van der Waals surface area contributed by atoms with Crippen molar-refractivity contribution in [2.24, 2.45) is 5.73 Å². The van der Waals surface area contributed by atoms with E-state index in [2.05, 4.69) is 26.0 Å². The van der Waals surface area contributed by atoms with Crippen molar-refractivity contribution in [3.05, 3.63) is 35.6 Å². The third-order valence-electron chi connectivity index (χ3n) is 2.76. The van der Waals surface area contributed by atoms with Gasteiger partial charge in [-0.2, -0.15) is 0 Å². The third-order valence-corrected chi connectivity index (χ3v) is 2.76. The van der Waals surface area contributed by atoms with E-state index in [0.717, 1.165) is 24.2 Å². The van der Waals surface area contributed by atoms with Crippen molar-refractivity contribution in [1.29, 1.82) is 0 Å². The minimum Gasteiger partial charge on any atom is -0.459 e. The molecule has 80 valence electrons. The molecule has 0 bridgehead atoms. The number of hydrogen-bond acceptors (Lipinski definition) is 2. The molecule has 1 atom stereocenters. The zero-order valence-corrected chi connectivity index (χ0v) is 9.29. The smallest absolute Gasteiger partial charge is 0.134 e. The molecule has 15 heavy (non-hydrogen) atoms. The van der Waals surface area contributed by atoms with Crippen molar-refractivity contribution in [3.8, 4) is 0 Å². The van der Waals surface area contributed by atoms with Gasteiger partial charge < -0.3 is 10.2 Å². The van der Waals surface area contributed by atoms with Gasteiger partial charge in [-0.3, -0.25) is 0 Å². The Kier molecular flexibility index (Phi) is 2.78. The Morgan fingerprint density at radius 3 is 2.87 bits per heavy atom. The number of furan rings is 1. The highest BCUT2D eigenvalue weighted by Gasteiger charge is 2.11. The first-order valence-corrected chi connectivity index (χ1v) is 5.47. The monoisotopic (exact) mass is 203 g/mol. The second-order valence-electron chi connectivity index (χ2n) is 4.03. The summed E-state index contributed by atoms with van der Waals surface area (Å²) in [5.74, 6) is 0.904. The summed E-state index contributed by atoms with van der Waals surface area (Å²) in [5, 5.41) is 1.18. The zero-order valence-electron chi connectivity index (χ0n) is 9.29. The van der Waals surface area contributed by atoms with Crippen LogP contribution in [-0.2, 0) is 0 Å². The molecule has 1 aromatic carbocycles. The van der Waals surface area contributed by atoms with Crippen LogP contribution in [0.15, 0.2) is 28.7 Å². The van der Waals surface area contributed by atoms with Gasteiger partial charge in [0.15, 0.2) is 0 Å². The summed E-state index contributed by atoms with van der Waals surface area (Å²) in [6, 6.07) is 8.19. The molecule has 0 radical (unpaired) electrons. The van der Waals surface area contributed by atoms with Gasteiger partial charge in [-0.15, -0.1) is 0 Å². The van der Waals surface area contributed by atoms with Gasteiger partial charge in [0.2, 0.25) is 0 Å². The summed E-state index contributed by atoms with van der Waals surface area (Å²) in [4.78, 5) is 0. The molecule has 0 amide bonds. The number of fused-ring (bicyclic) bond motifs is 1. The van der Waals surface area contributed by atoms with Crippen LogP contribution in [0, 0.1) is 6.92 Å². The molecule has 1 unspecified atom stereocenters. The first-order valence-electron chi connectivity index (χ1n) is 5.47. The molecule has 2 aromatic rings. The van der Waals surface area contributed by atoms with E-state index < -0.39 is 0 Å². The molecule has 1 aromatic heterocycles. The molecule has 1 heterocycles. The molecule has 0 fully saturated rings. The van der Waals surface area contributed by atoms with Crippen LogP contribution in [0.25, 0.3) is 11.0 Å². The van der Waals surface area contributed by atoms with Crippen molar-refractivity contribution < 1.29 is 4.42 Å². The molecule has 0 spiro atoms. The highest BCUT2D eigenvalue weighted by molar-refractivity contribution is 5.81. The summed E-state index contributed by atoms with van der Waals surface area (Å²) < 4.78 is 5.74. The lowest BCUT2D eigenvalue weighted by Gasteiger charge is -2.04. The van der Waals surface area contributed by atoms with E-state index in [1.54, 1.807) is 0 Å². The van der Waals surface area contributed by atoms with Crippen molar-refractivity contribution in [3.63, 3.8) is 0 Å². The topological polar surface area (TPSA) is 39.2 Å². The summed E-state index contributed by atoms with van der Waals surface area (Å²) in [5.41, 5.74) is 8.21. The van der Waals surface area contributed by atoms with E-state index >= 15 is 0 Å². The number of hydrogen-bond donors (Lipinski definition) is 1. The Hall–Kier alpha value is -1.28. The number of nitrogens with two attached hydrogens (primary N) is 1. The summed E-state index contributed by atoms with van der Waals surface area (Å²) in [6.45, 7) is 4.22. The molecular weight excluding hydrogens is 186 g/mol. The van der Waals surface area contributed by atoms with Crippen molar-refractivity contribution in [1.82, 2.24) is 0 Å². The van der Waals surface area contributed by atoms with Crippen molar-refractivity contribution in [2.45, 2.75) is 32.7 Å². The molecule has 0 saturated carbocycles. The maximum atomic E-state index is 6.03. The minimum atomic E-state index is 0.0294. The Labute approximate surface area is 90.1 Å². The molecule has 2 nitrogen and oxygen atoms in total. The molecule has 0 aliphatic carbocycles. The first-order chi connectivity index (χ1) is 7.22. The SMILES string of the molecule is CCCC(N)c1cc2c(C)cccc2o1. The van der Waals surface area contributed by atoms with Crippen LogP contribution in [0.5, 0.6) is 0 Å². The van der Waals surface area contributed by atoms with E-state index in [4.69, 9.17) is 10.2 Å². The van der Waals surface area contributed by atoms with E-state index in [1.165, 1.54) is 10.9 Å². The Morgan fingerprint density at radius 1 is 1.40 bits per heavy atom. The standard InChI is InChI=1S/C13H17NO/c1-3-5-11(14)13-8-10-9(2)6-4-7-12(10)15-13/h4,6-8,11H,3,5,14H2,1-2H3. The van der Waals surface area contributed by atoms with Crippen LogP contribution in [0.1, 0.15) is 37.1 Å². The Balaban J connectivity index is 2.43. The van der Waals surface area contributed by atoms with Gasteiger partial charge >= 0.3 is 0 Å². The fourth-order valence-electron chi connectivity index (χ4n) is 1.86. The molecule has 0 aliphatic heterocycles. The van der Waals surface area contributed by atoms with Gasteiger partial charge in [-0.1, -0.05) is 25.5 Å². The van der Waals surface area contributed by atoms with Gasteiger partial charge in [-0.05, 0) is 31.0 Å². The molecule has 0 aliphatic rings. The Bertz CT molecular complexity index is 459. The van der Waals surface area contributed by atoms with Crippen molar-refractivity contribution in [2.75, 3.05) is 0 Å². The van der Waals surface area contributed by atoms with Crippen molar-refractivity contribution >= 4 is 11.0 Å². The lowest BCUT2D eigenvalue weighted by molar-refractivity contribution is 0.475. The van der Waals surface area contributed by atoms with E-state index in [0.29, 0.717) is 0 Å². The second-order valence-corrected chi connectivity index (χ2v) is 4.03. The van der Waals surface area contributed by atoms with Gasteiger partial charge in [0.05, 0.1) is 6.04 Å².